The Morgan fingerprint density at radius 3 is 2.50 bits per heavy atom. The van der Waals surface area contributed by atoms with Crippen LogP contribution in [0.2, 0.25) is 0 Å². The van der Waals surface area contributed by atoms with Crippen LogP contribution in [0.15, 0.2) is 41.0 Å². The van der Waals surface area contributed by atoms with E-state index in [1.54, 1.807) is 17.0 Å². The molecule has 1 saturated heterocycles. The first-order valence-corrected chi connectivity index (χ1v) is 8.90. The van der Waals surface area contributed by atoms with Gasteiger partial charge in [-0.05, 0) is 50.1 Å². The Hall–Kier alpha value is -2.60. The Labute approximate surface area is 153 Å². The lowest BCUT2D eigenvalue weighted by molar-refractivity contribution is -0.121. The number of carbonyl (C=O) groups is 2. The molecule has 26 heavy (non-hydrogen) atoms. The fourth-order valence-corrected chi connectivity index (χ4v) is 3.14. The number of carbonyl (C=O) groups excluding carboxylic acids is 2. The largest absolute Gasteiger partial charge is 0.459 e. The maximum absolute atomic E-state index is 12.6. The van der Waals surface area contributed by atoms with Crippen LogP contribution < -0.4 is 5.32 Å². The van der Waals surface area contributed by atoms with Gasteiger partial charge >= 0.3 is 0 Å². The first kappa shape index (κ1) is 18.2. The second-order valence-corrected chi connectivity index (χ2v) is 6.79. The number of piperazine rings is 1. The van der Waals surface area contributed by atoms with Crippen LogP contribution in [-0.4, -0.2) is 53.8 Å². The van der Waals surface area contributed by atoms with Crippen molar-refractivity contribution < 1.29 is 14.0 Å². The van der Waals surface area contributed by atoms with E-state index in [-0.39, 0.29) is 17.9 Å². The average Bonchev–Trinajstić information content (AvgIpc) is 3.18. The molecule has 1 N–H and O–H groups in total. The number of hydrogen-bond donors (Lipinski definition) is 1. The second kappa shape index (κ2) is 7.74. The van der Waals surface area contributed by atoms with Crippen molar-refractivity contribution in [2.45, 2.75) is 26.8 Å². The van der Waals surface area contributed by atoms with Gasteiger partial charge in [-0.15, -0.1) is 0 Å². The van der Waals surface area contributed by atoms with E-state index in [1.165, 1.54) is 6.26 Å². The van der Waals surface area contributed by atoms with Crippen molar-refractivity contribution in [3.05, 3.63) is 53.5 Å². The Bertz CT molecular complexity index is 778. The van der Waals surface area contributed by atoms with E-state index in [1.807, 2.05) is 39.0 Å². The number of hydrogen-bond acceptors (Lipinski definition) is 4. The van der Waals surface area contributed by atoms with Gasteiger partial charge in [-0.3, -0.25) is 14.5 Å². The van der Waals surface area contributed by atoms with Gasteiger partial charge in [0.15, 0.2) is 5.76 Å². The first-order valence-electron chi connectivity index (χ1n) is 8.90. The molecule has 0 saturated carbocycles. The number of aryl methyl sites for hydroxylation is 2. The second-order valence-electron chi connectivity index (χ2n) is 6.79. The molecule has 6 heteroatoms. The zero-order chi connectivity index (χ0) is 18.7. The lowest BCUT2D eigenvalue weighted by Gasteiger charge is -2.37. The molecular formula is C20H25N3O3. The SMILES string of the molecule is Cc1ccc(C)c(NC(=O)C(C)N2CCN(C(=O)c3ccco3)CC2)c1. The van der Waals surface area contributed by atoms with Gasteiger partial charge in [0.2, 0.25) is 5.91 Å². The van der Waals surface area contributed by atoms with Gasteiger partial charge in [-0.25, -0.2) is 0 Å². The summed E-state index contributed by atoms with van der Waals surface area (Å²) in [6, 6.07) is 9.16. The molecule has 0 spiro atoms. The monoisotopic (exact) mass is 355 g/mol. The summed E-state index contributed by atoms with van der Waals surface area (Å²) < 4.78 is 5.18. The average molecular weight is 355 g/mol. The van der Waals surface area contributed by atoms with Gasteiger partial charge in [0, 0.05) is 31.9 Å². The number of furan rings is 1. The van der Waals surface area contributed by atoms with E-state index in [0.717, 1.165) is 16.8 Å². The van der Waals surface area contributed by atoms with Gasteiger partial charge < -0.3 is 14.6 Å². The molecule has 0 bridgehead atoms. The quantitative estimate of drug-likeness (QED) is 0.916. The maximum atomic E-state index is 12.6. The molecule has 2 aromatic rings. The standard InChI is InChI=1S/C20H25N3O3/c1-14-6-7-15(2)17(13-14)21-19(24)16(3)22-8-10-23(11-9-22)20(25)18-5-4-12-26-18/h4-7,12-13,16H,8-11H2,1-3H3,(H,21,24). The summed E-state index contributed by atoms with van der Waals surface area (Å²) in [4.78, 5) is 28.8. The Morgan fingerprint density at radius 1 is 1.12 bits per heavy atom. The number of nitrogens with zero attached hydrogens (tertiary/aromatic N) is 2. The molecular weight excluding hydrogens is 330 g/mol. The van der Waals surface area contributed by atoms with E-state index in [2.05, 4.69) is 10.2 Å². The lowest BCUT2D eigenvalue weighted by Crippen LogP contribution is -2.54. The smallest absolute Gasteiger partial charge is 0.289 e. The maximum Gasteiger partial charge on any atom is 0.289 e. The molecule has 1 aliphatic heterocycles. The van der Waals surface area contributed by atoms with E-state index in [9.17, 15) is 9.59 Å². The molecule has 1 unspecified atom stereocenters. The van der Waals surface area contributed by atoms with Crippen LogP contribution in [0, 0.1) is 13.8 Å². The number of anilines is 1. The van der Waals surface area contributed by atoms with Crippen molar-refractivity contribution in [1.29, 1.82) is 0 Å². The number of benzene rings is 1. The van der Waals surface area contributed by atoms with Crippen LogP contribution >= 0.6 is 0 Å². The fraction of sp³-hybridized carbons (Fsp3) is 0.400. The minimum absolute atomic E-state index is 0.0236. The number of amides is 2. The van der Waals surface area contributed by atoms with Crippen LogP contribution in [0.3, 0.4) is 0 Å². The third-order valence-electron chi connectivity index (χ3n) is 4.91. The molecule has 1 fully saturated rings. The van der Waals surface area contributed by atoms with Crippen molar-refractivity contribution in [3.8, 4) is 0 Å². The van der Waals surface area contributed by atoms with Gasteiger partial charge in [-0.2, -0.15) is 0 Å². The Kier molecular flexibility index (Phi) is 5.42. The third kappa shape index (κ3) is 3.96. The molecule has 138 valence electrons. The van der Waals surface area contributed by atoms with Crippen molar-refractivity contribution in [2.75, 3.05) is 31.5 Å². The van der Waals surface area contributed by atoms with Crippen LogP contribution in [0.5, 0.6) is 0 Å². The van der Waals surface area contributed by atoms with Crippen molar-refractivity contribution in [1.82, 2.24) is 9.80 Å². The molecule has 2 amide bonds. The minimum Gasteiger partial charge on any atom is -0.459 e. The molecule has 1 aliphatic rings. The number of nitrogens with one attached hydrogen (secondary N) is 1. The summed E-state index contributed by atoms with van der Waals surface area (Å²) in [7, 11) is 0. The van der Waals surface area contributed by atoms with Crippen molar-refractivity contribution in [2.24, 2.45) is 0 Å². The Balaban J connectivity index is 1.56. The van der Waals surface area contributed by atoms with Crippen molar-refractivity contribution in [3.63, 3.8) is 0 Å². The van der Waals surface area contributed by atoms with Crippen LogP contribution in [-0.2, 0) is 4.79 Å². The molecule has 3 rings (SSSR count). The molecule has 1 aromatic heterocycles. The number of rotatable bonds is 4. The highest BCUT2D eigenvalue weighted by Gasteiger charge is 2.28. The molecule has 6 nitrogen and oxygen atoms in total. The van der Waals surface area contributed by atoms with E-state index in [0.29, 0.717) is 31.9 Å². The lowest BCUT2D eigenvalue weighted by atomic mass is 10.1. The normalized spacial score (nSPS) is 16.3. The summed E-state index contributed by atoms with van der Waals surface area (Å²) in [5, 5.41) is 3.03. The first-order chi connectivity index (χ1) is 12.5. The highest BCUT2D eigenvalue weighted by molar-refractivity contribution is 5.95. The molecule has 1 atom stereocenters. The van der Waals surface area contributed by atoms with Crippen LogP contribution in [0.25, 0.3) is 0 Å². The predicted octanol–water partition coefficient (Wildman–Crippen LogP) is 2.68. The third-order valence-corrected chi connectivity index (χ3v) is 4.91. The summed E-state index contributed by atoms with van der Waals surface area (Å²) in [6.45, 7) is 8.39. The molecule has 0 aliphatic carbocycles. The highest BCUT2D eigenvalue weighted by Crippen LogP contribution is 2.18. The summed E-state index contributed by atoms with van der Waals surface area (Å²) in [5.74, 6) is 0.241. The minimum atomic E-state index is -0.254. The molecule has 0 radical (unpaired) electrons. The van der Waals surface area contributed by atoms with E-state index in [4.69, 9.17) is 4.42 Å². The topological polar surface area (TPSA) is 65.8 Å². The van der Waals surface area contributed by atoms with Gasteiger partial charge in [0.1, 0.15) is 0 Å². The van der Waals surface area contributed by atoms with Crippen LogP contribution in [0.4, 0.5) is 5.69 Å². The van der Waals surface area contributed by atoms with Crippen molar-refractivity contribution >= 4 is 17.5 Å². The molecule has 1 aromatic carbocycles. The summed E-state index contributed by atoms with van der Waals surface area (Å²) in [6.07, 6.45) is 1.50. The zero-order valence-electron chi connectivity index (χ0n) is 15.5. The van der Waals surface area contributed by atoms with Gasteiger partial charge in [-0.1, -0.05) is 12.1 Å². The fourth-order valence-electron chi connectivity index (χ4n) is 3.14. The highest BCUT2D eigenvalue weighted by atomic mass is 16.3. The summed E-state index contributed by atoms with van der Waals surface area (Å²) in [5.41, 5.74) is 3.02. The van der Waals surface area contributed by atoms with Gasteiger partial charge in [0.05, 0.1) is 12.3 Å². The zero-order valence-corrected chi connectivity index (χ0v) is 15.5. The molecule has 2 heterocycles. The van der Waals surface area contributed by atoms with E-state index < -0.39 is 0 Å². The van der Waals surface area contributed by atoms with Gasteiger partial charge in [0.25, 0.3) is 5.91 Å². The van der Waals surface area contributed by atoms with E-state index >= 15 is 0 Å². The van der Waals surface area contributed by atoms with Crippen LogP contribution in [0.1, 0.15) is 28.6 Å². The Morgan fingerprint density at radius 2 is 1.85 bits per heavy atom. The predicted molar refractivity (Wildman–Crippen MR) is 100 cm³/mol. The summed E-state index contributed by atoms with van der Waals surface area (Å²) >= 11 is 0.